The van der Waals surface area contributed by atoms with Crippen LogP contribution in [0.2, 0.25) is 0 Å². The summed E-state index contributed by atoms with van der Waals surface area (Å²) in [5.74, 6) is 1.22. The quantitative estimate of drug-likeness (QED) is 0.868. The smallest absolute Gasteiger partial charge is 0.226 e. The van der Waals surface area contributed by atoms with Gasteiger partial charge in [0.2, 0.25) is 11.8 Å². The van der Waals surface area contributed by atoms with Crippen molar-refractivity contribution in [3.05, 3.63) is 46.1 Å². The van der Waals surface area contributed by atoms with Gasteiger partial charge in [0.25, 0.3) is 0 Å². The van der Waals surface area contributed by atoms with E-state index in [1.165, 1.54) is 5.56 Å². The number of aromatic nitrogens is 2. The summed E-state index contributed by atoms with van der Waals surface area (Å²) in [5.41, 5.74) is 2.07. The number of anilines is 1. The molecule has 1 aromatic heterocycles. The van der Waals surface area contributed by atoms with E-state index >= 15 is 0 Å². The van der Waals surface area contributed by atoms with Crippen molar-refractivity contribution in [1.82, 2.24) is 9.97 Å². The van der Waals surface area contributed by atoms with E-state index in [-0.39, 0.29) is 0 Å². The van der Waals surface area contributed by atoms with Crippen LogP contribution in [0.25, 0.3) is 0 Å². The molecule has 0 bridgehead atoms. The van der Waals surface area contributed by atoms with Crippen LogP contribution >= 0.6 is 15.9 Å². The highest BCUT2D eigenvalue weighted by Crippen LogP contribution is 2.14. The molecule has 5 heteroatoms. The molecule has 2 aromatic rings. The molecule has 20 heavy (non-hydrogen) atoms. The minimum Gasteiger partial charge on any atom is -0.478 e. The van der Waals surface area contributed by atoms with Gasteiger partial charge >= 0.3 is 0 Å². The average Bonchev–Trinajstić information content (AvgIpc) is 2.44. The molecule has 0 fully saturated rings. The zero-order valence-corrected chi connectivity index (χ0v) is 13.3. The molecule has 0 radical (unpaired) electrons. The molecule has 0 amide bonds. The zero-order chi connectivity index (χ0) is 14.4. The first-order chi connectivity index (χ1) is 9.67. The Morgan fingerprint density at radius 3 is 2.65 bits per heavy atom. The zero-order valence-electron chi connectivity index (χ0n) is 11.7. The molecule has 106 valence electrons. The van der Waals surface area contributed by atoms with E-state index in [1.54, 1.807) is 0 Å². The maximum Gasteiger partial charge on any atom is 0.226 e. The fourth-order valence-electron chi connectivity index (χ4n) is 1.68. The molecule has 0 saturated heterocycles. The lowest BCUT2D eigenvalue weighted by atomic mass is 10.2. The topological polar surface area (TPSA) is 47.0 Å². The first-order valence-corrected chi connectivity index (χ1v) is 7.43. The van der Waals surface area contributed by atoms with Gasteiger partial charge in [-0.1, -0.05) is 35.0 Å². The van der Waals surface area contributed by atoms with Crippen LogP contribution in [0.15, 0.2) is 34.8 Å². The van der Waals surface area contributed by atoms with Crippen LogP contribution in [0.3, 0.4) is 0 Å². The van der Waals surface area contributed by atoms with Crippen molar-refractivity contribution in [2.24, 2.45) is 0 Å². The number of aryl methyl sites for hydroxylation is 1. The number of hydrogen-bond donors (Lipinski definition) is 1. The number of hydrogen-bond acceptors (Lipinski definition) is 4. The maximum absolute atomic E-state index is 5.55. The summed E-state index contributed by atoms with van der Waals surface area (Å²) >= 11 is 3.42. The Morgan fingerprint density at radius 2 is 1.95 bits per heavy atom. The summed E-state index contributed by atoms with van der Waals surface area (Å²) in [5, 5.41) is 3.22. The van der Waals surface area contributed by atoms with Crippen molar-refractivity contribution in [2.75, 3.05) is 11.9 Å². The van der Waals surface area contributed by atoms with Crippen molar-refractivity contribution in [2.45, 2.75) is 26.8 Å². The Morgan fingerprint density at radius 1 is 1.20 bits per heavy atom. The second-order valence-corrected chi connectivity index (χ2v) is 5.42. The highest BCUT2D eigenvalue weighted by Gasteiger charge is 2.03. The molecule has 2 rings (SSSR count). The lowest BCUT2D eigenvalue weighted by molar-refractivity contribution is 0.305. The standard InChI is InChI=1S/C15H18BrN3O/c1-3-8-20-14-9-11(2)18-15(19-14)17-10-12-4-6-13(16)7-5-12/h4-7,9H,3,8,10H2,1-2H3,(H,17,18,19). The van der Waals surface area contributed by atoms with Gasteiger partial charge in [-0.05, 0) is 31.0 Å². The van der Waals surface area contributed by atoms with Gasteiger partial charge in [-0.25, -0.2) is 4.98 Å². The average molecular weight is 336 g/mol. The normalized spacial score (nSPS) is 10.3. The fraction of sp³-hybridized carbons (Fsp3) is 0.333. The Balaban J connectivity index is 2.01. The molecule has 0 saturated carbocycles. The Bertz CT molecular complexity index is 558. The Hall–Kier alpha value is -1.62. The number of rotatable bonds is 6. The molecule has 0 aliphatic heterocycles. The summed E-state index contributed by atoms with van der Waals surface area (Å²) in [6, 6.07) is 10.00. The van der Waals surface area contributed by atoms with Crippen LogP contribution in [-0.4, -0.2) is 16.6 Å². The van der Waals surface area contributed by atoms with Crippen LogP contribution in [0.4, 0.5) is 5.95 Å². The monoisotopic (exact) mass is 335 g/mol. The summed E-state index contributed by atoms with van der Waals surface area (Å²) in [4.78, 5) is 8.71. The predicted octanol–water partition coefficient (Wildman–Crippen LogP) is 3.95. The van der Waals surface area contributed by atoms with Gasteiger partial charge in [0.05, 0.1) is 6.61 Å². The molecular formula is C15H18BrN3O. The molecule has 0 aliphatic rings. The first kappa shape index (κ1) is 14.8. The largest absolute Gasteiger partial charge is 0.478 e. The summed E-state index contributed by atoms with van der Waals surface area (Å²) in [7, 11) is 0. The number of ether oxygens (including phenoxy) is 1. The van der Waals surface area contributed by atoms with Crippen molar-refractivity contribution in [1.29, 1.82) is 0 Å². The molecule has 4 nitrogen and oxygen atoms in total. The van der Waals surface area contributed by atoms with E-state index in [0.29, 0.717) is 25.0 Å². The van der Waals surface area contributed by atoms with Crippen LogP contribution in [0, 0.1) is 6.92 Å². The van der Waals surface area contributed by atoms with Crippen LogP contribution in [0.1, 0.15) is 24.6 Å². The molecule has 0 atom stereocenters. The molecule has 0 unspecified atom stereocenters. The van der Waals surface area contributed by atoms with Crippen LogP contribution in [0.5, 0.6) is 5.88 Å². The van der Waals surface area contributed by atoms with Crippen molar-refractivity contribution in [3.8, 4) is 5.88 Å². The third-order valence-corrected chi connectivity index (χ3v) is 3.18. The highest BCUT2D eigenvalue weighted by atomic mass is 79.9. The second kappa shape index (κ2) is 7.24. The van der Waals surface area contributed by atoms with Crippen LogP contribution in [-0.2, 0) is 6.54 Å². The van der Waals surface area contributed by atoms with Gasteiger partial charge in [-0.2, -0.15) is 4.98 Å². The minimum absolute atomic E-state index is 0.596. The number of benzene rings is 1. The minimum atomic E-state index is 0.596. The van der Waals surface area contributed by atoms with E-state index in [2.05, 4.69) is 50.3 Å². The second-order valence-electron chi connectivity index (χ2n) is 4.50. The van der Waals surface area contributed by atoms with E-state index in [4.69, 9.17) is 4.74 Å². The maximum atomic E-state index is 5.55. The van der Waals surface area contributed by atoms with Gasteiger partial charge < -0.3 is 10.1 Å². The SMILES string of the molecule is CCCOc1cc(C)nc(NCc2ccc(Br)cc2)n1. The molecule has 0 spiro atoms. The van der Waals surface area contributed by atoms with Gasteiger partial charge in [0.1, 0.15) is 0 Å². The Labute approximate surface area is 127 Å². The number of nitrogens with one attached hydrogen (secondary N) is 1. The lowest BCUT2D eigenvalue weighted by Gasteiger charge is -2.09. The third kappa shape index (κ3) is 4.49. The summed E-state index contributed by atoms with van der Waals surface area (Å²) < 4.78 is 6.62. The van der Waals surface area contributed by atoms with Gasteiger partial charge in [-0.15, -0.1) is 0 Å². The van der Waals surface area contributed by atoms with E-state index in [1.807, 2.05) is 25.1 Å². The lowest BCUT2D eigenvalue weighted by Crippen LogP contribution is -2.06. The summed E-state index contributed by atoms with van der Waals surface area (Å²) in [6.07, 6.45) is 0.963. The van der Waals surface area contributed by atoms with E-state index < -0.39 is 0 Å². The van der Waals surface area contributed by atoms with Crippen LogP contribution < -0.4 is 10.1 Å². The van der Waals surface area contributed by atoms with Crippen molar-refractivity contribution < 1.29 is 4.74 Å². The van der Waals surface area contributed by atoms with Crippen molar-refractivity contribution in [3.63, 3.8) is 0 Å². The predicted molar refractivity (Wildman–Crippen MR) is 84.0 cm³/mol. The van der Waals surface area contributed by atoms with Gasteiger partial charge in [0, 0.05) is 22.8 Å². The first-order valence-electron chi connectivity index (χ1n) is 6.64. The number of halogens is 1. The molecule has 1 heterocycles. The highest BCUT2D eigenvalue weighted by molar-refractivity contribution is 9.10. The van der Waals surface area contributed by atoms with Gasteiger partial charge in [-0.3, -0.25) is 0 Å². The number of nitrogens with zero attached hydrogens (tertiary/aromatic N) is 2. The van der Waals surface area contributed by atoms with E-state index in [0.717, 1.165) is 16.6 Å². The fourth-order valence-corrected chi connectivity index (χ4v) is 1.95. The third-order valence-electron chi connectivity index (χ3n) is 2.65. The molecule has 1 N–H and O–H groups in total. The molecular weight excluding hydrogens is 318 g/mol. The summed E-state index contributed by atoms with van der Waals surface area (Å²) in [6.45, 7) is 5.36. The van der Waals surface area contributed by atoms with Gasteiger partial charge in [0.15, 0.2) is 0 Å². The Kier molecular flexibility index (Phi) is 5.35. The van der Waals surface area contributed by atoms with Crippen molar-refractivity contribution >= 4 is 21.9 Å². The molecule has 0 aliphatic carbocycles. The molecule has 1 aromatic carbocycles. The van der Waals surface area contributed by atoms with E-state index in [9.17, 15) is 0 Å².